The van der Waals surface area contributed by atoms with Crippen molar-refractivity contribution in [2.75, 3.05) is 19.8 Å². The third kappa shape index (κ3) is 21.5. The molecule has 0 aromatic heterocycles. The van der Waals surface area contributed by atoms with Gasteiger partial charge in [0.15, 0.2) is 6.10 Å². The van der Waals surface area contributed by atoms with Crippen molar-refractivity contribution in [3.8, 4) is 0 Å². The van der Waals surface area contributed by atoms with Gasteiger partial charge in [-0.25, -0.2) is 4.57 Å². The Hall–Kier alpha value is -1.52. The van der Waals surface area contributed by atoms with Crippen LogP contribution in [0.5, 0.6) is 0 Å². The maximum absolute atomic E-state index is 12.1. The van der Waals surface area contributed by atoms with E-state index in [9.17, 15) is 23.8 Å². The number of phosphoric acid groups is 1. The van der Waals surface area contributed by atoms with Gasteiger partial charge in [0.25, 0.3) is 0 Å². The van der Waals surface area contributed by atoms with Crippen molar-refractivity contribution < 1.29 is 47.5 Å². The van der Waals surface area contributed by atoms with E-state index in [1.54, 1.807) is 0 Å². The smallest absolute Gasteiger partial charge is 0.472 e. The van der Waals surface area contributed by atoms with Crippen molar-refractivity contribution in [1.82, 2.24) is 0 Å². The quantitative estimate of drug-likeness (QED) is 0.0996. The van der Waals surface area contributed by atoms with Crippen LogP contribution in [0.1, 0.15) is 97.3 Å². The summed E-state index contributed by atoms with van der Waals surface area (Å²) in [5.41, 5.74) is 5.21. The molecule has 12 heteroatoms. The number of carboxylic acids is 1. The predicted molar refractivity (Wildman–Crippen MR) is 130 cm³/mol. The molecule has 35 heavy (non-hydrogen) atoms. The lowest BCUT2D eigenvalue weighted by molar-refractivity contribution is -0.160. The second-order valence-electron chi connectivity index (χ2n) is 8.56. The van der Waals surface area contributed by atoms with Crippen molar-refractivity contribution in [2.45, 2.75) is 109 Å². The molecule has 0 aliphatic carbocycles. The summed E-state index contributed by atoms with van der Waals surface area (Å²) in [6.45, 7) is 1.67. The molecule has 0 aliphatic heterocycles. The molecule has 0 radical (unpaired) electrons. The summed E-state index contributed by atoms with van der Waals surface area (Å²) < 4.78 is 31.2. The third-order valence-corrected chi connectivity index (χ3v) is 6.11. The maximum Gasteiger partial charge on any atom is 0.472 e. The summed E-state index contributed by atoms with van der Waals surface area (Å²) in [5, 5.41) is 8.68. The lowest BCUT2D eigenvalue weighted by atomic mass is 10.0. The average molecular weight is 526 g/mol. The number of nitrogens with two attached hydrogens (primary N) is 1. The second-order valence-corrected chi connectivity index (χ2v) is 10.0. The van der Waals surface area contributed by atoms with Crippen LogP contribution in [0.3, 0.4) is 0 Å². The van der Waals surface area contributed by atoms with Crippen LogP contribution in [0.2, 0.25) is 0 Å². The Labute approximate surface area is 208 Å². The van der Waals surface area contributed by atoms with E-state index >= 15 is 0 Å². The number of ether oxygens (including phenoxy) is 2. The van der Waals surface area contributed by atoms with Crippen LogP contribution in [-0.2, 0) is 37.5 Å². The van der Waals surface area contributed by atoms with E-state index in [1.807, 2.05) is 0 Å². The van der Waals surface area contributed by atoms with E-state index in [0.29, 0.717) is 6.42 Å². The molecule has 0 aromatic rings. The zero-order valence-electron chi connectivity index (χ0n) is 21.2. The standard InChI is InChI=1S/C23H44NO10P/c1-3-4-5-6-7-8-9-10-11-12-13-14-15-22(26)34-20(16-31-19(2)25)17-32-35(29,30)33-18-21(24)23(27)28/h20-21H,3-18,24H2,1-2H3,(H,27,28)(H,29,30). The van der Waals surface area contributed by atoms with Crippen molar-refractivity contribution in [2.24, 2.45) is 5.73 Å². The maximum atomic E-state index is 12.1. The Kier molecular flexibility index (Phi) is 19.8. The Morgan fingerprint density at radius 3 is 1.80 bits per heavy atom. The zero-order chi connectivity index (χ0) is 26.5. The van der Waals surface area contributed by atoms with Crippen LogP contribution in [0.15, 0.2) is 0 Å². The monoisotopic (exact) mass is 525 g/mol. The minimum absolute atomic E-state index is 0.161. The van der Waals surface area contributed by atoms with E-state index in [-0.39, 0.29) is 13.0 Å². The summed E-state index contributed by atoms with van der Waals surface area (Å²) in [6, 6.07) is -1.51. The number of phosphoric ester groups is 1. The molecule has 4 N–H and O–H groups in total. The highest BCUT2D eigenvalue weighted by Gasteiger charge is 2.27. The van der Waals surface area contributed by atoms with Gasteiger partial charge in [-0.15, -0.1) is 0 Å². The first-order valence-corrected chi connectivity index (χ1v) is 14.0. The SMILES string of the molecule is CCCCCCCCCCCCCCC(=O)OC(COC(C)=O)COP(=O)(O)OCC(N)C(=O)O. The van der Waals surface area contributed by atoms with Crippen LogP contribution >= 0.6 is 7.82 Å². The third-order valence-electron chi connectivity index (χ3n) is 5.16. The first kappa shape index (κ1) is 33.5. The molecule has 3 unspecified atom stereocenters. The molecule has 11 nitrogen and oxygen atoms in total. The van der Waals surface area contributed by atoms with Crippen molar-refractivity contribution in [3.63, 3.8) is 0 Å². The van der Waals surface area contributed by atoms with Gasteiger partial charge in [-0.1, -0.05) is 77.6 Å². The fraction of sp³-hybridized carbons (Fsp3) is 0.870. The molecule has 0 saturated carbocycles. The van der Waals surface area contributed by atoms with Gasteiger partial charge in [0, 0.05) is 13.3 Å². The number of unbranched alkanes of at least 4 members (excludes halogenated alkanes) is 11. The van der Waals surface area contributed by atoms with Gasteiger partial charge in [-0.2, -0.15) is 0 Å². The van der Waals surface area contributed by atoms with E-state index < -0.39 is 51.1 Å². The summed E-state index contributed by atoms with van der Waals surface area (Å²) >= 11 is 0. The van der Waals surface area contributed by atoms with Gasteiger partial charge in [-0.05, 0) is 6.42 Å². The molecular formula is C23H44NO10P. The van der Waals surface area contributed by atoms with E-state index in [1.165, 1.54) is 58.3 Å². The molecule has 0 amide bonds. The zero-order valence-corrected chi connectivity index (χ0v) is 22.0. The fourth-order valence-corrected chi connectivity index (χ4v) is 3.92. The van der Waals surface area contributed by atoms with Gasteiger partial charge in [0.2, 0.25) is 0 Å². The van der Waals surface area contributed by atoms with Crippen LogP contribution < -0.4 is 5.73 Å². The molecule has 0 bridgehead atoms. The van der Waals surface area contributed by atoms with Gasteiger partial charge in [0.1, 0.15) is 12.6 Å². The van der Waals surface area contributed by atoms with Gasteiger partial charge in [0.05, 0.1) is 13.2 Å². The molecule has 0 rings (SSSR count). The van der Waals surface area contributed by atoms with Crippen LogP contribution in [0.4, 0.5) is 0 Å². The number of carbonyl (C=O) groups is 3. The van der Waals surface area contributed by atoms with Gasteiger partial charge >= 0.3 is 25.7 Å². The number of carbonyl (C=O) groups excluding carboxylic acids is 2. The van der Waals surface area contributed by atoms with Crippen LogP contribution in [0.25, 0.3) is 0 Å². The van der Waals surface area contributed by atoms with Crippen molar-refractivity contribution in [1.29, 1.82) is 0 Å². The highest BCUT2D eigenvalue weighted by atomic mass is 31.2. The largest absolute Gasteiger partial charge is 0.480 e. The van der Waals surface area contributed by atoms with E-state index in [4.69, 9.17) is 24.8 Å². The molecule has 0 fully saturated rings. The van der Waals surface area contributed by atoms with E-state index in [2.05, 4.69) is 11.4 Å². The number of aliphatic carboxylic acids is 1. The Morgan fingerprint density at radius 2 is 1.31 bits per heavy atom. The molecule has 206 valence electrons. The number of hydrogen-bond acceptors (Lipinski definition) is 9. The molecule has 0 saturated heterocycles. The van der Waals surface area contributed by atoms with Crippen LogP contribution in [-0.4, -0.2) is 59.9 Å². The first-order valence-electron chi connectivity index (χ1n) is 12.5. The van der Waals surface area contributed by atoms with Crippen LogP contribution in [0, 0.1) is 0 Å². The molecule has 0 heterocycles. The van der Waals surface area contributed by atoms with Crippen molar-refractivity contribution >= 4 is 25.7 Å². The van der Waals surface area contributed by atoms with Crippen molar-refractivity contribution in [3.05, 3.63) is 0 Å². The summed E-state index contributed by atoms with van der Waals surface area (Å²) in [5.74, 6) is -2.58. The predicted octanol–water partition coefficient (Wildman–Crippen LogP) is 4.10. The lowest BCUT2D eigenvalue weighted by Crippen LogP contribution is -2.34. The molecule has 0 aliphatic rings. The Morgan fingerprint density at radius 1 is 0.829 bits per heavy atom. The second kappa shape index (κ2) is 20.7. The minimum atomic E-state index is -4.66. The summed E-state index contributed by atoms with van der Waals surface area (Å²) in [7, 11) is -4.66. The number of hydrogen-bond donors (Lipinski definition) is 3. The summed E-state index contributed by atoms with van der Waals surface area (Å²) in [4.78, 5) is 43.5. The number of rotatable bonds is 23. The minimum Gasteiger partial charge on any atom is -0.480 e. The number of esters is 2. The molecular weight excluding hydrogens is 481 g/mol. The molecule has 0 aromatic carbocycles. The molecule has 0 spiro atoms. The van der Waals surface area contributed by atoms with Gasteiger partial charge < -0.3 is 25.2 Å². The normalized spacial score (nSPS) is 14.6. The Balaban J connectivity index is 4.15. The molecule has 3 atom stereocenters. The average Bonchev–Trinajstić information content (AvgIpc) is 2.79. The fourth-order valence-electron chi connectivity index (χ4n) is 3.14. The topological polar surface area (TPSA) is 172 Å². The lowest BCUT2D eigenvalue weighted by Gasteiger charge is -2.20. The summed E-state index contributed by atoms with van der Waals surface area (Å²) in [6.07, 6.45) is 13.0. The van der Waals surface area contributed by atoms with E-state index in [0.717, 1.165) is 19.3 Å². The Bertz CT molecular complexity index is 646. The first-order chi connectivity index (χ1) is 16.6. The highest BCUT2D eigenvalue weighted by molar-refractivity contribution is 7.47. The van der Waals surface area contributed by atoms with Gasteiger partial charge in [-0.3, -0.25) is 23.4 Å². The number of carboxylic acid groups (broad SMARTS) is 1. The highest BCUT2D eigenvalue weighted by Crippen LogP contribution is 2.43.